The van der Waals surface area contributed by atoms with Gasteiger partial charge in [0.2, 0.25) is 5.88 Å². The summed E-state index contributed by atoms with van der Waals surface area (Å²) < 4.78 is 13.2. The standard InChI is InChI=1S/C16H28N2O5/c1-5-12(3)22-9-7-17-14(19)11-15(20)18(16(17)21)8-10-23-13(4)6-2/h11-13,19H,5-10H2,1-4H3. The normalized spacial score (nSPS) is 13.9. The monoisotopic (exact) mass is 328 g/mol. The van der Waals surface area contributed by atoms with E-state index in [4.69, 9.17) is 9.47 Å². The molecule has 1 aromatic rings. The fourth-order valence-electron chi connectivity index (χ4n) is 1.95. The largest absolute Gasteiger partial charge is 0.494 e. The second-order valence-electron chi connectivity index (χ2n) is 5.61. The van der Waals surface area contributed by atoms with E-state index in [1.165, 1.54) is 0 Å². The first-order valence-electron chi connectivity index (χ1n) is 8.17. The minimum Gasteiger partial charge on any atom is -0.494 e. The van der Waals surface area contributed by atoms with Crippen LogP contribution in [0.2, 0.25) is 0 Å². The number of ether oxygens (including phenoxy) is 2. The summed E-state index contributed by atoms with van der Waals surface area (Å²) in [6, 6.07) is 1.05. The average Bonchev–Trinajstić information content (AvgIpc) is 2.52. The highest BCUT2D eigenvalue weighted by atomic mass is 16.5. The Kier molecular flexibility index (Phi) is 8.05. The van der Waals surface area contributed by atoms with Crippen LogP contribution in [0, 0.1) is 0 Å². The molecule has 2 atom stereocenters. The molecule has 0 spiro atoms. The Morgan fingerprint density at radius 2 is 1.48 bits per heavy atom. The molecule has 0 aliphatic heterocycles. The fourth-order valence-corrected chi connectivity index (χ4v) is 1.95. The lowest BCUT2D eigenvalue weighted by Crippen LogP contribution is -2.41. The predicted molar refractivity (Wildman–Crippen MR) is 88.0 cm³/mol. The van der Waals surface area contributed by atoms with Crippen LogP contribution < -0.4 is 11.2 Å². The Morgan fingerprint density at radius 1 is 1.00 bits per heavy atom. The molecule has 0 aromatic carbocycles. The Morgan fingerprint density at radius 3 is 1.96 bits per heavy atom. The third-order valence-electron chi connectivity index (χ3n) is 3.84. The van der Waals surface area contributed by atoms with Gasteiger partial charge in [-0.2, -0.15) is 0 Å². The molecule has 0 radical (unpaired) electrons. The number of rotatable bonds is 10. The first kappa shape index (κ1) is 19.4. The van der Waals surface area contributed by atoms with Crippen LogP contribution in [0.1, 0.15) is 40.5 Å². The van der Waals surface area contributed by atoms with Crippen LogP contribution in [0.3, 0.4) is 0 Å². The topological polar surface area (TPSA) is 82.7 Å². The smallest absolute Gasteiger partial charge is 0.333 e. The molecule has 1 rings (SSSR count). The average molecular weight is 328 g/mol. The van der Waals surface area contributed by atoms with Crippen molar-refractivity contribution in [3.8, 4) is 5.88 Å². The van der Waals surface area contributed by atoms with Gasteiger partial charge in [0, 0.05) is 0 Å². The Hall–Kier alpha value is -1.60. The minimum absolute atomic E-state index is 0.0778. The number of aromatic nitrogens is 2. The van der Waals surface area contributed by atoms with Gasteiger partial charge in [0.25, 0.3) is 5.56 Å². The molecule has 23 heavy (non-hydrogen) atoms. The maximum atomic E-state index is 12.4. The van der Waals surface area contributed by atoms with Crippen LogP contribution in [0.5, 0.6) is 5.88 Å². The lowest BCUT2D eigenvalue weighted by Gasteiger charge is -2.15. The van der Waals surface area contributed by atoms with Gasteiger partial charge in [-0.15, -0.1) is 0 Å². The van der Waals surface area contributed by atoms with Crippen LogP contribution in [0.15, 0.2) is 15.7 Å². The molecule has 2 unspecified atom stereocenters. The molecule has 0 saturated carbocycles. The van der Waals surface area contributed by atoms with Gasteiger partial charge in [-0.05, 0) is 26.7 Å². The van der Waals surface area contributed by atoms with Gasteiger partial charge in [0.05, 0.1) is 44.6 Å². The van der Waals surface area contributed by atoms with Crippen molar-refractivity contribution in [3.05, 3.63) is 26.9 Å². The molecule has 132 valence electrons. The zero-order valence-electron chi connectivity index (χ0n) is 14.4. The summed E-state index contributed by atoms with van der Waals surface area (Å²) in [5.41, 5.74) is -1.07. The van der Waals surface area contributed by atoms with E-state index in [0.29, 0.717) is 6.61 Å². The summed E-state index contributed by atoms with van der Waals surface area (Å²) in [5.74, 6) is -0.341. The molecule has 1 aromatic heterocycles. The van der Waals surface area contributed by atoms with Crippen LogP contribution in [-0.2, 0) is 22.6 Å². The lowest BCUT2D eigenvalue weighted by atomic mass is 10.3. The van der Waals surface area contributed by atoms with Gasteiger partial charge in [-0.1, -0.05) is 13.8 Å². The number of hydrogen-bond acceptors (Lipinski definition) is 5. The molecule has 0 amide bonds. The van der Waals surface area contributed by atoms with E-state index in [1.54, 1.807) is 0 Å². The fraction of sp³-hybridized carbons (Fsp3) is 0.750. The molecule has 7 heteroatoms. The Labute approximate surface area is 136 Å². The quantitative estimate of drug-likeness (QED) is 0.701. The van der Waals surface area contributed by atoms with Crippen LogP contribution >= 0.6 is 0 Å². The molecular weight excluding hydrogens is 300 g/mol. The van der Waals surface area contributed by atoms with E-state index >= 15 is 0 Å². The molecule has 0 fully saturated rings. The molecular formula is C16H28N2O5. The maximum Gasteiger partial charge on any atom is 0.333 e. The first-order chi connectivity index (χ1) is 10.9. The van der Waals surface area contributed by atoms with Gasteiger partial charge < -0.3 is 14.6 Å². The number of hydrogen-bond donors (Lipinski definition) is 1. The summed E-state index contributed by atoms with van der Waals surface area (Å²) >= 11 is 0. The lowest BCUT2D eigenvalue weighted by molar-refractivity contribution is 0.0530. The van der Waals surface area contributed by atoms with Gasteiger partial charge in [-0.25, -0.2) is 4.79 Å². The molecule has 0 saturated heterocycles. The van der Waals surface area contributed by atoms with E-state index in [-0.39, 0.29) is 37.8 Å². The van der Waals surface area contributed by atoms with Gasteiger partial charge in [-0.3, -0.25) is 13.9 Å². The van der Waals surface area contributed by atoms with E-state index in [0.717, 1.165) is 28.0 Å². The third kappa shape index (κ3) is 5.84. The highest BCUT2D eigenvalue weighted by Crippen LogP contribution is 2.03. The van der Waals surface area contributed by atoms with Crippen molar-refractivity contribution >= 4 is 0 Å². The predicted octanol–water partition coefficient (Wildman–Crippen LogP) is 1.35. The van der Waals surface area contributed by atoms with Crippen molar-refractivity contribution in [2.75, 3.05) is 13.2 Å². The molecule has 0 bridgehead atoms. The molecule has 1 heterocycles. The Bertz CT molecular complexity index is 593. The van der Waals surface area contributed by atoms with Crippen molar-refractivity contribution in [3.63, 3.8) is 0 Å². The van der Waals surface area contributed by atoms with Crippen molar-refractivity contribution in [1.29, 1.82) is 0 Å². The highest BCUT2D eigenvalue weighted by Gasteiger charge is 2.11. The zero-order chi connectivity index (χ0) is 17.4. The summed E-state index contributed by atoms with van der Waals surface area (Å²) in [7, 11) is 0. The van der Waals surface area contributed by atoms with Crippen LogP contribution in [0.25, 0.3) is 0 Å². The van der Waals surface area contributed by atoms with Crippen molar-refractivity contribution in [2.24, 2.45) is 0 Å². The third-order valence-corrected chi connectivity index (χ3v) is 3.84. The van der Waals surface area contributed by atoms with Gasteiger partial charge in [0.1, 0.15) is 0 Å². The van der Waals surface area contributed by atoms with Gasteiger partial charge in [0.15, 0.2) is 0 Å². The van der Waals surface area contributed by atoms with E-state index in [2.05, 4.69) is 0 Å². The van der Waals surface area contributed by atoms with Gasteiger partial charge >= 0.3 is 5.69 Å². The first-order valence-corrected chi connectivity index (χ1v) is 8.17. The summed E-state index contributed by atoms with van der Waals surface area (Å²) in [6.07, 6.45) is 1.89. The number of nitrogens with zero attached hydrogens (tertiary/aromatic N) is 2. The highest BCUT2D eigenvalue weighted by molar-refractivity contribution is 5.07. The van der Waals surface area contributed by atoms with Crippen molar-refractivity contribution in [1.82, 2.24) is 9.13 Å². The minimum atomic E-state index is -0.546. The molecule has 0 aliphatic rings. The Balaban J connectivity index is 2.81. The molecule has 1 N–H and O–H groups in total. The molecule has 0 aliphatic carbocycles. The van der Waals surface area contributed by atoms with E-state index in [1.807, 2.05) is 27.7 Å². The van der Waals surface area contributed by atoms with Crippen LogP contribution in [-0.4, -0.2) is 39.7 Å². The SMILES string of the molecule is CCC(C)OCCn1c(O)cc(=O)n(CCOC(C)CC)c1=O. The summed E-state index contributed by atoms with van der Waals surface area (Å²) in [5, 5.41) is 9.83. The van der Waals surface area contributed by atoms with Crippen LogP contribution in [0.4, 0.5) is 0 Å². The summed E-state index contributed by atoms with van der Waals surface area (Å²) in [6.45, 7) is 8.81. The number of aromatic hydroxyl groups is 1. The van der Waals surface area contributed by atoms with Crippen molar-refractivity contribution < 1.29 is 14.6 Å². The molecule has 7 nitrogen and oxygen atoms in total. The van der Waals surface area contributed by atoms with E-state index < -0.39 is 11.2 Å². The van der Waals surface area contributed by atoms with E-state index in [9.17, 15) is 14.7 Å². The zero-order valence-corrected chi connectivity index (χ0v) is 14.4. The van der Waals surface area contributed by atoms with Crippen molar-refractivity contribution in [2.45, 2.75) is 65.8 Å². The second kappa shape index (κ2) is 9.52. The second-order valence-corrected chi connectivity index (χ2v) is 5.61. The summed E-state index contributed by atoms with van der Waals surface area (Å²) in [4.78, 5) is 24.2. The maximum absolute atomic E-state index is 12.4.